The number of rotatable bonds is 6. The normalized spacial score (nSPS) is 15.8. The van der Waals surface area contributed by atoms with E-state index >= 15 is 0 Å². The molecule has 3 heteroatoms. The lowest BCUT2D eigenvalue weighted by atomic mass is 9.83. The number of allylic oxidation sites excluding steroid dienone is 2. The third kappa shape index (κ3) is 5.20. The lowest BCUT2D eigenvalue weighted by Gasteiger charge is -2.28. The van der Waals surface area contributed by atoms with E-state index in [4.69, 9.17) is 9.15 Å². The predicted molar refractivity (Wildman–Crippen MR) is 227 cm³/mol. The molecular weight excluding hydrogens is 671 g/mol. The molecule has 260 valence electrons. The molecule has 1 aliphatic carbocycles. The van der Waals surface area contributed by atoms with Crippen LogP contribution in [0.1, 0.15) is 17.0 Å². The van der Waals surface area contributed by atoms with Crippen molar-refractivity contribution in [2.75, 3.05) is 4.90 Å². The number of ether oxygens (including phenoxy) is 1. The van der Waals surface area contributed by atoms with Crippen molar-refractivity contribution in [1.82, 2.24) is 0 Å². The Bertz CT molecular complexity index is 2940. The van der Waals surface area contributed by atoms with E-state index in [-0.39, 0.29) is 12.0 Å². The highest BCUT2D eigenvalue weighted by Gasteiger charge is 2.39. The fourth-order valence-electron chi connectivity index (χ4n) is 8.64. The quantitative estimate of drug-likeness (QED) is 0.172. The van der Waals surface area contributed by atoms with Crippen molar-refractivity contribution in [2.45, 2.75) is 12.0 Å². The van der Waals surface area contributed by atoms with Crippen LogP contribution in [-0.2, 0) is 0 Å². The fraction of sp³-hybridized carbons (Fsp3) is 0.0385. The van der Waals surface area contributed by atoms with Crippen LogP contribution in [0.25, 0.3) is 60.5 Å². The van der Waals surface area contributed by atoms with Crippen LogP contribution in [0.2, 0.25) is 0 Å². The molecule has 3 nitrogen and oxygen atoms in total. The Kier molecular flexibility index (Phi) is 7.31. The second kappa shape index (κ2) is 12.8. The maximum Gasteiger partial charge on any atom is 0.137 e. The summed E-state index contributed by atoms with van der Waals surface area (Å²) in [7, 11) is 0. The minimum atomic E-state index is -0.138. The summed E-state index contributed by atoms with van der Waals surface area (Å²) in [6.07, 6.45) is 6.59. The molecule has 0 N–H and O–H groups in total. The van der Waals surface area contributed by atoms with E-state index < -0.39 is 0 Å². The average Bonchev–Trinajstić information content (AvgIpc) is 3.84. The number of benzene rings is 8. The Balaban J connectivity index is 1.08. The van der Waals surface area contributed by atoms with Crippen LogP contribution in [0, 0.1) is 0 Å². The van der Waals surface area contributed by atoms with Gasteiger partial charge in [0.25, 0.3) is 0 Å². The first-order valence-corrected chi connectivity index (χ1v) is 18.9. The zero-order valence-corrected chi connectivity index (χ0v) is 30.0. The monoisotopic (exact) mass is 705 g/mol. The maximum absolute atomic E-state index is 7.08. The van der Waals surface area contributed by atoms with E-state index in [1.54, 1.807) is 0 Å². The molecule has 0 bridgehead atoms. The molecule has 0 saturated heterocycles. The Hall–Kier alpha value is -7.10. The average molecular weight is 706 g/mol. The molecule has 0 spiro atoms. The third-order valence-electron chi connectivity index (χ3n) is 11.3. The van der Waals surface area contributed by atoms with Crippen molar-refractivity contribution in [3.05, 3.63) is 211 Å². The Morgan fingerprint density at radius 2 is 1.04 bits per heavy atom. The first-order valence-electron chi connectivity index (χ1n) is 18.9. The van der Waals surface area contributed by atoms with Gasteiger partial charge in [0.05, 0.1) is 16.8 Å². The molecule has 0 radical (unpaired) electrons. The number of fused-ring (bicyclic) bond motifs is 8. The van der Waals surface area contributed by atoms with Gasteiger partial charge >= 0.3 is 0 Å². The molecule has 2 heterocycles. The van der Waals surface area contributed by atoms with Crippen molar-refractivity contribution in [2.24, 2.45) is 0 Å². The van der Waals surface area contributed by atoms with E-state index in [9.17, 15) is 0 Å². The minimum absolute atomic E-state index is 0.0556. The SMILES string of the molecule is C1=CC2c3cc(N(c4ccc(-c5ccccc5)cc4)c4cccc5oc6ccccc6c45)c4ccccc4c3OC2C(c2ccc(-c3ccccc3)cc2)=C1. The third-order valence-corrected chi connectivity index (χ3v) is 11.3. The summed E-state index contributed by atoms with van der Waals surface area (Å²) in [6, 6.07) is 64.7. The van der Waals surface area contributed by atoms with Crippen molar-refractivity contribution >= 4 is 55.3 Å². The van der Waals surface area contributed by atoms with E-state index in [2.05, 4.69) is 199 Å². The van der Waals surface area contributed by atoms with Gasteiger partial charge in [-0.2, -0.15) is 0 Å². The minimum Gasteiger partial charge on any atom is -0.484 e. The summed E-state index contributed by atoms with van der Waals surface area (Å²) in [4.78, 5) is 2.42. The van der Waals surface area contributed by atoms with Gasteiger partial charge in [0, 0.05) is 38.9 Å². The smallest absolute Gasteiger partial charge is 0.137 e. The van der Waals surface area contributed by atoms with Crippen LogP contribution >= 0.6 is 0 Å². The summed E-state index contributed by atoms with van der Waals surface area (Å²) in [5.41, 5.74) is 13.3. The zero-order chi connectivity index (χ0) is 36.3. The molecule has 11 rings (SSSR count). The van der Waals surface area contributed by atoms with Gasteiger partial charge in [-0.05, 0) is 64.2 Å². The van der Waals surface area contributed by atoms with Crippen LogP contribution in [0.15, 0.2) is 205 Å². The molecule has 1 aromatic heterocycles. The zero-order valence-electron chi connectivity index (χ0n) is 30.0. The van der Waals surface area contributed by atoms with Crippen molar-refractivity contribution < 1.29 is 9.15 Å². The van der Waals surface area contributed by atoms with Crippen LogP contribution in [0.5, 0.6) is 5.75 Å². The first-order chi connectivity index (χ1) is 27.3. The van der Waals surface area contributed by atoms with Gasteiger partial charge in [-0.1, -0.05) is 164 Å². The second-order valence-electron chi connectivity index (χ2n) is 14.4. The van der Waals surface area contributed by atoms with Gasteiger partial charge < -0.3 is 14.1 Å². The molecule has 2 aliphatic rings. The fourth-order valence-corrected chi connectivity index (χ4v) is 8.64. The van der Waals surface area contributed by atoms with Gasteiger partial charge in [-0.3, -0.25) is 0 Å². The topological polar surface area (TPSA) is 25.6 Å². The Labute approximate surface area is 319 Å². The molecule has 55 heavy (non-hydrogen) atoms. The van der Waals surface area contributed by atoms with Gasteiger partial charge in [-0.15, -0.1) is 0 Å². The predicted octanol–water partition coefficient (Wildman–Crippen LogP) is 14.0. The number of hydrogen-bond acceptors (Lipinski definition) is 3. The van der Waals surface area contributed by atoms with E-state index in [1.165, 1.54) is 39.0 Å². The summed E-state index contributed by atoms with van der Waals surface area (Å²) < 4.78 is 13.5. The van der Waals surface area contributed by atoms with E-state index in [1.807, 2.05) is 6.07 Å². The van der Waals surface area contributed by atoms with Gasteiger partial charge in [0.1, 0.15) is 23.0 Å². The summed E-state index contributed by atoms with van der Waals surface area (Å²) in [5, 5.41) is 4.41. The van der Waals surface area contributed by atoms with Crippen LogP contribution < -0.4 is 9.64 Å². The Morgan fingerprint density at radius 3 is 1.76 bits per heavy atom. The van der Waals surface area contributed by atoms with Crippen molar-refractivity contribution in [3.63, 3.8) is 0 Å². The lowest BCUT2D eigenvalue weighted by molar-refractivity contribution is 0.281. The first kappa shape index (κ1) is 31.4. The van der Waals surface area contributed by atoms with Crippen LogP contribution in [-0.4, -0.2) is 6.10 Å². The molecule has 0 fully saturated rings. The number of hydrogen-bond donors (Lipinski definition) is 0. The molecule has 0 amide bonds. The number of para-hydroxylation sites is 1. The van der Waals surface area contributed by atoms with Gasteiger partial charge in [-0.25, -0.2) is 0 Å². The molecule has 8 aromatic carbocycles. The molecule has 2 unspecified atom stereocenters. The second-order valence-corrected chi connectivity index (χ2v) is 14.4. The lowest BCUT2D eigenvalue weighted by Crippen LogP contribution is -2.21. The van der Waals surface area contributed by atoms with Crippen LogP contribution in [0.3, 0.4) is 0 Å². The number of anilines is 3. The Morgan fingerprint density at radius 1 is 0.455 bits per heavy atom. The van der Waals surface area contributed by atoms with Gasteiger partial charge in [0.2, 0.25) is 0 Å². The maximum atomic E-state index is 7.08. The molecular formula is C52H35NO2. The highest BCUT2D eigenvalue weighted by atomic mass is 16.5. The van der Waals surface area contributed by atoms with E-state index in [0.717, 1.165) is 55.5 Å². The van der Waals surface area contributed by atoms with Crippen LogP contribution in [0.4, 0.5) is 17.1 Å². The highest BCUT2D eigenvalue weighted by molar-refractivity contribution is 6.15. The molecule has 2 atom stereocenters. The van der Waals surface area contributed by atoms with Crippen molar-refractivity contribution in [1.29, 1.82) is 0 Å². The van der Waals surface area contributed by atoms with Crippen molar-refractivity contribution in [3.8, 4) is 28.0 Å². The summed E-state index contributed by atoms with van der Waals surface area (Å²) in [6.45, 7) is 0. The molecule has 9 aromatic rings. The summed E-state index contributed by atoms with van der Waals surface area (Å²) >= 11 is 0. The summed E-state index contributed by atoms with van der Waals surface area (Å²) in [5.74, 6) is 1.01. The highest BCUT2D eigenvalue weighted by Crippen LogP contribution is 2.54. The molecule has 0 saturated carbocycles. The number of nitrogens with zero attached hydrogens (tertiary/aromatic N) is 1. The molecule has 1 aliphatic heterocycles. The number of furan rings is 1. The largest absolute Gasteiger partial charge is 0.484 e. The standard InChI is InChI=1S/C52H35NO2/c1-3-13-34(14-4-1)36-25-27-38(28-26-36)40-20-11-21-43-45-33-47(41-17-7-8-18-42(41)52(45)55-51(40)43)53(39-31-29-37(30-32-39)35-15-5-2-6-16-35)46-22-12-24-49-50(46)44-19-9-10-23-48(44)54-49/h1-33,43,51H. The van der Waals surface area contributed by atoms with E-state index in [0.29, 0.717) is 0 Å². The van der Waals surface area contributed by atoms with Gasteiger partial charge in [0.15, 0.2) is 0 Å².